The summed E-state index contributed by atoms with van der Waals surface area (Å²) in [5.74, 6) is 0.198. The molecule has 0 aliphatic carbocycles. The zero-order chi connectivity index (χ0) is 11.6. The predicted molar refractivity (Wildman–Crippen MR) is 67.9 cm³/mol. The van der Waals surface area contributed by atoms with Crippen molar-refractivity contribution >= 4 is 12.4 Å². The third-order valence-corrected chi connectivity index (χ3v) is 2.77. The molecule has 1 aromatic rings. The van der Waals surface area contributed by atoms with Crippen molar-refractivity contribution in [3.63, 3.8) is 0 Å². The van der Waals surface area contributed by atoms with E-state index in [2.05, 4.69) is 0 Å². The Morgan fingerprint density at radius 3 is 2.38 bits per heavy atom. The van der Waals surface area contributed by atoms with Crippen LogP contribution < -0.4 is 5.73 Å². The zero-order valence-electron chi connectivity index (χ0n) is 9.90. The van der Waals surface area contributed by atoms with E-state index in [1.807, 2.05) is 32.9 Å². The molecule has 0 fully saturated rings. The van der Waals surface area contributed by atoms with E-state index in [-0.39, 0.29) is 30.8 Å². The fourth-order valence-corrected chi connectivity index (χ4v) is 1.44. The lowest BCUT2D eigenvalue weighted by atomic mass is 9.81. The van der Waals surface area contributed by atoms with Gasteiger partial charge in [-0.15, -0.1) is 12.4 Å². The number of rotatable bonds is 3. The van der Waals surface area contributed by atoms with Gasteiger partial charge in [-0.05, 0) is 18.6 Å². The molecule has 1 rings (SSSR count). The number of aryl methyl sites for hydroxylation is 1. The Balaban J connectivity index is 0.00000225. The van der Waals surface area contributed by atoms with Crippen LogP contribution in [0.2, 0.25) is 0 Å². The van der Waals surface area contributed by atoms with Crippen molar-refractivity contribution in [2.24, 2.45) is 11.1 Å². The highest BCUT2D eigenvalue weighted by Crippen LogP contribution is 2.35. The van der Waals surface area contributed by atoms with Gasteiger partial charge in [0.05, 0.1) is 0 Å². The molecule has 0 aliphatic heterocycles. The lowest BCUT2D eigenvalue weighted by Gasteiger charge is -2.30. The number of aliphatic hydroxyl groups is 1. The average Bonchev–Trinajstić information content (AvgIpc) is 2.17. The maximum Gasteiger partial charge on any atom is 0.120 e. The molecule has 0 aromatic heterocycles. The van der Waals surface area contributed by atoms with E-state index in [1.165, 1.54) is 0 Å². The van der Waals surface area contributed by atoms with E-state index >= 15 is 0 Å². The van der Waals surface area contributed by atoms with E-state index in [4.69, 9.17) is 5.73 Å². The van der Waals surface area contributed by atoms with Gasteiger partial charge in [0.25, 0.3) is 0 Å². The molecular formula is C12H20ClNO2. The van der Waals surface area contributed by atoms with E-state index < -0.39 is 5.41 Å². The lowest BCUT2D eigenvalue weighted by molar-refractivity contribution is 0.131. The van der Waals surface area contributed by atoms with Crippen molar-refractivity contribution < 1.29 is 10.2 Å². The van der Waals surface area contributed by atoms with Gasteiger partial charge in [0.1, 0.15) is 5.75 Å². The number of phenolic OH excluding ortho intramolecular Hbond substituents is 1. The summed E-state index contributed by atoms with van der Waals surface area (Å²) in [5.41, 5.74) is 7.25. The van der Waals surface area contributed by atoms with Crippen LogP contribution in [0.4, 0.5) is 0 Å². The molecule has 4 N–H and O–H groups in total. The van der Waals surface area contributed by atoms with Crippen LogP contribution in [0.1, 0.15) is 31.0 Å². The zero-order valence-corrected chi connectivity index (χ0v) is 10.7. The second-order valence-electron chi connectivity index (χ2n) is 4.69. The summed E-state index contributed by atoms with van der Waals surface area (Å²) in [5, 5.41) is 19.0. The van der Waals surface area contributed by atoms with Gasteiger partial charge in [-0.2, -0.15) is 0 Å². The van der Waals surface area contributed by atoms with Crippen molar-refractivity contribution in [2.45, 2.75) is 26.8 Å². The van der Waals surface area contributed by atoms with E-state index in [1.54, 1.807) is 6.07 Å². The summed E-state index contributed by atoms with van der Waals surface area (Å²) in [6.45, 7) is 5.64. The van der Waals surface area contributed by atoms with Gasteiger partial charge in [0.2, 0.25) is 0 Å². The summed E-state index contributed by atoms with van der Waals surface area (Å²) in [7, 11) is 0. The average molecular weight is 246 g/mol. The number of aliphatic hydroxyl groups excluding tert-OH is 1. The minimum atomic E-state index is -0.438. The molecule has 16 heavy (non-hydrogen) atoms. The standard InChI is InChI=1S/C12H19NO2.ClH/c1-8-4-5-9(10(15)6-8)11(13)12(2,3)7-14;/h4-6,11,14-15H,7,13H2,1-3H3;1H/t11-;/m1./s1. The maximum atomic E-state index is 9.76. The summed E-state index contributed by atoms with van der Waals surface area (Å²) < 4.78 is 0. The molecule has 0 radical (unpaired) electrons. The minimum Gasteiger partial charge on any atom is -0.508 e. The number of hydrogen-bond donors (Lipinski definition) is 3. The van der Waals surface area contributed by atoms with E-state index in [0.717, 1.165) is 5.56 Å². The third-order valence-electron chi connectivity index (χ3n) is 2.77. The molecule has 0 bridgehead atoms. The van der Waals surface area contributed by atoms with Crippen LogP contribution in [0.3, 0.4) is 0 Å². The number of phenols is 1. The smallest absolute Gasteiger partial charge is 0.120 e. The largest absolute Gasteiger partial charge is 0.508 e. The van der Waals surface area contributed by atoms with Crippen LogP contribution in [-0.4, -0.2) is 16.8 Å². The summed E-state index contributed by atoms with van der Waals surface area (Å²) in [6.07, 6.45) is 0. The Labute approximate surface area is 103 Å². The molecule has 3 nitrogen and oxygen atoms in total. The molecule has 0 saturated carbocycles. The van der Waals surface area contributed by atoms with Crippen LogP contribution in [0, 0.1) is 12.3 Å². The van der Waals surface area contributed by atoms with Gasteiger partial charge in [-0.25, -0.2) is 0 Å². The molecule has 92 valence electrons. The molecule has 0 heterocycles. The van der Waals surface area contributed by atoms with Crippen LogP contribution in [0.25, 0.3) is 0 Å². The van der Waals surface area contributed by atoms with Crippen molar-refractivity contribution in [1.29, 1.82) is 0 Å². The van der Waals surface area contributed by atoms with Crippen molar-refractivity contribution in [1.82, 2.24) is 0 Å². The van der Waals surface area contributed by atoms with E-state index in [0.29, 0.717) is 5.56 Å². The summed E-state index contributed by atoms with van der Waals surface area (Å²) in [4.78, 5) is 0. The Morgan fingerprint density at radius 1 is 1.38 bits per heavy atom. The first-order valence-electron chi connectivity index (χ1n) is 5.04. The van der Waals surface area contributed by atoms with Crippen LogP contribution in [-0.2, 0) is 0 Å². The topological polar surface area (TPSA) is 66.5 Å². The van der Waals surface area contributed by atoms with Crippen molar-refractivity contribution in [3.8, 4) is 5.75 Å². The predicted octanol–water partition coefficient (Wildman–Crippen LogP) is 2.14. The van der Waals surface area contributed by atoms with E-state index in [9.17, 15) is 10.2 Å². The molecule has 1 atom stereocenters. The lowest BCUT2D eigenvalue weighted by Crippen LogP contribution is -2.32. The van der Waals surface area contributed by atoms with Gasteiger partial charge < -0.3 is 15.9 Å². The SMILES string of the molecule is Cc1ccc([C@@H](N)C(C)(C)CO)c(O)c1.Cl. The van der Waals surface area contributed by atoms with Crippen molar-refractivity contribution in [2.75, 3.05) is 6.61 Å². The van der Waals surface area contributed by atoms with Gasteiger partial charge in [0, 0.05) is 23.6 Å². The monoisotopic (exact) mass is 245 g/mol. The number of benzene rings is 1. The second kappa shape index (κ2) is 5.53. The van der Waals surface area contributed by atoms with Gasteiger partial charge in [0.15, 0.2) is 0 Å². The number of aromatic hydroxyl groups is 1. The first-order valence-corrected chi connectivity index (χ1v) is 5.04. The summed E-state index contributed by atoms with van der Waals surface area (Å²) in [6, 6.07) is 5.03. The van der Waals surface area contributed by atoms with Crippen LogP contribution >= 0.6 is 12.4 Å². The highest BCUT2D eigenvalue weighted by molar-refractivity contribution is 5.85. The molecule has 4 heteroatoms. The molecular weight excluding hydrogens is 226 g/mol. The quantitative estimate of drug-likeness (QED) is 0.765. The first kappa shape index (κ1) is 15.2. The highest BCUT2D eigenvalue weighted by atomic mass is 35.5. The van der Waals surface area contributed by atoms with Gasteiger partial charge in [-0.1, -0.05) is 26.0 Å². The molecule has 0 amide bonds. The highest BCUT2D eigenvalue weighted by Gasteiger charge is 2.28. The second-order valence-corrected chi connectivity index (χ2v) is 4.69. The van der Waals surface area contributed by atoms with Gasteiger partial charge in [-0.3, -0.25) is 0 Å². The number of hydrogen-bond acceptors (Lipinski definition) is 3. The minimum absolute atomic E-state index is 0. The third kappa shape index (κ3) is 3.11. The number of halogens is 1. The summed E-state index contributed by atoms with van der Waals surface area (Å²) >= 11 is 0. The van der Waals surface area contributed by atoms with Gasteiger partial charge >= 0.3 is 0 Å². The fourth-order valence-electron chi connectivity index (χ4n) is 1.44. The molecule has 1 aromatic carbocycles. The van der Waals surface area contributed by atoms with Crippen LogP contribution in [0.15, 0.2) is 18.2 Å². The molecule has 0 aliphatic rings. The fraction of sp³-hybridized carbons (Fsp3) is 0.500. The molecule has 0 unspecified atom stereocenters. The number of nitrogens with two attached hydrogens (primary N) is 1. The Hall–Kier alpha value is -0.770. The Bertz CT molecular complexity index is 353. The Kier molecular flexibility index (Phi) is 5.26. The normalized spacial score (nSPS) is 13.1. The Morgan fingerprint density at radius 2 is 1.94 bits per heavy atom. The van der Waals surface area contributed by atoms with Crippen molar-refractivity contribution in [3.05, 3.63) is 29.3 Å². The molecule has 0 spiro atoms. The maximum absolute atomic E-state index is 9.76. The van der Waals surface area contributed by atoms with Crippen LogP contribution in [0.5, 0.6) is 5.75 Å². The molecule has 0 saturated heterocycles. The first-order chi connectivity index (χ1) is 6.88.